The first-order chi connectivity index (χ1) is 15.1. The molecule has 0 fully saturated rings. The zero-order valence-electron chi connectivity index (χ0n) is 16.6. The average molecular weight is 412 g/mol. The van der Waals surface area contributed by atoms with E-state index in [9.17, 15) is 14.4 Å². The quantitative estimate of drug-likeness (QED) is 0.417. The monoisotopic (exact) mass is 412 g/mol. The number of hydrogen-bond acceptors (Lipinski definition) is 5. The fraction of sp³-hybridized carbons (Fsp3) is 0.0800. The Morgan fingerprint density at radius 1 is 1.06 bits per heavy atom. The highest BCUT2D eigenvalue weighted by Crippen LogP contribution is 2.28. The standard InChI is InChI=1S/C25H17FN2O3/c1-30-25(29)23-13-24(21-12-19(26)10-11-22(21)28-23)31-15-16-6-8-17(9-7-16)20-5-3-2-4-18(20)14-27/h2-13H,15H2,1H3. The van der Waals surface area contributed by atoms with Crippen LogP contribution in [0.3, 0.4) is 0 Å². The lowest BCUT2D eigenvalue weighted by atomic mass is 9.99. The van der Waals surface area contributed by atoms with Gasteiger partial charge in [0.15, 0.2) is 5.69 Å². The first-order valence-corrected chi connectivity index (χ1v) is 9.49. The maximum Gasteiger partial charge on any atom is 0.356 e. The van der Waals surface area contributed by atoms with Gasteiger partial charge in [0.25, 0.3) is 0 Å². The van der Waals surface area contributed by atoms with E-state index in [0.717, 1.165) is 16.7 Å². The number of halogens is 1. The van der Waals surface area contributed by atoms with E-state index < -0.39 is 11.8 Å². The number of aromatic nitrogens is 1. The third kappa shape index (κ3) is 4.21. The van der Waals surface area contributed by atoms with Crippen molar-refractivity contribution in [3.8, 4) is 22.9 Å². The molecule has 0 unspecified atom stereocenters. The van der Waals surface area contributed by atoms with Gasteiger partial charge in [-0.1, -0.05) is 42.5 Å². The lowest BCUT2D eigenvalue weighted by molar-refractivity contribution is 0.0594. The van der Waals surface area contributed by atoms with E-state index in [1.807, 2.05) is 42.5 Å². The van der Waals surface area contributed by atoms with Gasteiger partial charge in [-0.3, -0.25) is 0 Å². The van der Waals surface area contributed by atoms with Crippen molar-refractivity contribution in [2.45, 2.75) is 6.61 Å². The van der Waals surface area contributed by atoms with Gasteiger partial charge in [-0.2, -0.15) is 5.26 Å². The predicted octanol–water partition coefficient (Wildman–Crippen LogP) is 5.28. The average Bonchev–Trinajstić information content (AvgIpc) is 2.82. The van der Waals surface area contributed by atoms with Crippen molar-refractivity contribution in [2.24, 2.45) is 0 Å². The van der Waals surface area contributed by atoms with Gasteiger partial charge >= 0.3 is 5.97 Å². The number of nitrogens with zero attached hydrogens (tertiary/aromatic N) is 2. The molecule has 1 heterocycles. The molecule has 31 heavy (non-hydrogen) atoms. The van der Waals surface area contributed by atoms with Crippen LogP contribution in [0.2, 0.25) is 0 Å². The van der Waals surface area contributed by atoms with Crippen LogP contribution in [-0.2, 0) is 11.3 Å². The molecule has 0 atom stereocenters. The van der Waals surface area contributed by atoms with Crippen molar-refractivity contribution >= 4 is 16.9 Å². The summed E-state index contributed by atoms with van der Waals surface area (Å²) in [4.78, 5) is 16.2. The van der Waals surface area contributed by atoms with Crippen LogP contribution in [0, 0.1) is 17.1 Å². The lowest BCUT2D eigenvalue weighted by Gasteiger charge is -2.12. The van der Waals surface area contributed by atoms with E-state index in [-0.39, 0.29) is 12.3 Å². The molecule has 152 valence electrons. The molecular formula is C25H17FN2O3. The molecule has 4 aromatic rings. The second kappa shape index (κ2) is 8.64. The number of methoxy groups -OCH3 is 1. The summed E-state index contributed by atoms with van der Waals surface area (Å²) in [5, 5.41) is 9.76. The van der Waals surface area contributed by atoms with Gasteiger partial charge in [0, 0.05) is 11.5 Å². The van der Waals surface area contributed by atoms with Gasteiger partial charge in [-0.05, 0) is 41.0 Å². The molecule has 0 saturated carbocycles. The number of carbonyl (C=O) groups excluding carboxylic acids is 1. The minimum absolute atomic E-state index is 0.0834. The summed E-state index contributed by atoms with van der Waals surface area (Å²) in [6.45, 7) is 0.205. The Morgan fingerprint density at radius 3 is 2.58 bits per heavy atom. The minimum atomic E-state index is -0.600. The Kier molecular flexibility index (Phi) is 5.59. The van der Waals surface area contributed by atoms with Gasteiger partial charge in [0.05, 0.1) is 24.3 Å². The number of esters is 1. The molecule has 0 amide bonds. The SMILES string of the molecule is COC(=O)c1cc(OCc2ccc(-c3ccccc3C#N)cc2)c2cc(F)ccc2n1. The summed E-state index contributed by atoms with van der Waals surface area (Å²) in [5.41, 5.74) is 3.77. The molecule has 0 aliphatic carbocycles. The highest BCUT2D eigenvalue weighted by Gasteiger charge is 2.14. The Labute approximate surface area is 178 Å². The highest BCUT2D eigenvalue weighted by molar-refractivity contribution is 5.94. The predicted molar refractivity (Wildman–Crippen MR) is 114 cm³/mol. The molecule has 3 aromatic carbocycles. The number of pyridine rings is 1. The number of benzene rings is 3. The maximum atomic E-state index is 13.8. The summed E-state index contributed by atoms with van der Waals surface area (Å²) in [7, 11) is 1.27. The number of rotatable bonds is 5. The molecule has 0 saturated heterocycles. The van der Waals surface area contributed by atoms with E-state index in [1.165, 1.54) is 31.4 Å². The summed E-state index contributed by atoms with van der Waals surface area (Å²) in [5.74, 6) is -0.689. The number of carbonyl (C=O) groups is 1. The normalized spacial score (nSPS) is 10.5. The largest absolute Gasteiger partial charge is 0.488 e. The Hall–Kier alpha value is -4.24. The van der Waals surface area contributed by atoms with Crippen molar-refractivity contribution in [1.82, 2.24) is 4.98 Å². The summed E-state index contributed by atoms with van der Waals surface area (Å²) in [6, 6.07) is 22.8. The van der Waals surface area contributed by atoms with Crippen LogP contribution < -0.4 is 4.74 Å². The third-order valence-corrected chi connectivity index (χ3v) is 4.83. The number of hydrogen-bond donors (Lipinski definition) is 0. The van der Waals surface area contributed by atoms with Crippen molar-refractivity contribution < 1.29 is 18.7 Å². The van der Waals surface area contributed by atoms with Crippen LogP contribution in [0.15, 0.2) is 72.8 Å². The van der Waals surface area contributed by atoms with Crippen molar-refractivity contribution in [3.05, 3.63) is 95.4 Å². The fourth-order valence-corrected chi connectivity index (χ4v) is 3.27. The lowest BCUT2D eigenvalue weighted by Crippen LogP contribution is -2.06. The molecule has 0 aliphatic rings. The van der Waals surface area contributed by atoms with E-state index in [2.05, 4.69) is 11.1 Å². The topological polar surface area (TPSA) is 72.2 Å². The second-order valence-electron chi connectivity index (χ2n) is 6.80. The van der Waals surface area contributed by atoms with Gasteiger partial charge < -0.3 is 9.47 Å². The van der Waals surface area contributed by atoms with E-state index in [0.29, 0.717) is 22.2 Å². The molecular weight excluding hydrogens is 395 g/mol. The number of ether oxygens (including phenoxy) is 2. The summed E-state index contributed by atoms with van der Waals surface area (Å²) < 4.78 is 24.4. The van der Waals surface area contributed by atoms with Gasteiger partial charge in [0.2, 0.25) is 0 Å². The van der Waals surface area contributed by atoms with Crippen LogP contribution in [-0.4, -0.2) is 18.1 Å². The maximum absolute atomic E-state index is 13.8. The Morgan fingerprint density at radius 2 is 1.84 bits per heavy atom. The van der Waals surface area contributed by atoms with Crippen LogP contribution >= 0.6 is 0 Å². The first-order valence-electron chi connectivity index (χ1n) is 9.49. The van der Waals surface area contributed by atoms with Crippen LogP contribution in [0.25, 0.3) is 22.0 Å². The van der Waals surface area contributed by atoms with E-state index in [1.54, 1.807) is 6.07 Å². The van der Waals surface area contributed by atoms with Gasteiger partial charge in [0.1, 0.15) is 18.2 Å². The Balaban J connectivity index is 1.61. The molecule has 0 radical (unpaired) electrons. The third-order valence-electron chi connectivity index (χ3n) is 4.83. The second-order valence-corrected chi connectivity index (χ2v) is 6.80. The summed E-state index contributed by atoms with van der Waals surface area (Å²) in [6.07, 6.45) is 0. The number of nitriles is 1. The zero-order valence-corrected chi connectivity index (χ0v) is 16.6. The van der Waals surface area contributed by atoms with Crippen LogP contribution in [0.1, 0.15) is 21.6 Å². The van der Waals surface area contributed by atoms with E-state index >= 15 is 0 Å². The summed E-state index contributed by atoms with van der Waals surface area (Å²) >= 11 is 0. The smallest absolute Gasteiger partial charge is 0.356 e. The van der Waals surface area contributed by atoms with E-state index in [4.69, 9.17) is 9.47 Å². The molecule has 1 aromatic heterocycles. The Bertz CT molecular complexity index is 1310. The fourth-order valence-electron chi connectivity index (χ4n) is 3.27. The molecule has 0 aliphatic heterocycles. The van der Waals surface area contributed by atoms with Crippen molar-refractivity contribution in [1.29, 1.82) is 5.26 Å². The van der Waals surface area contributed by atoms with Crippen molar-refractivity contribution in [3.63, 3.8) is 0 Å². The van der Waals surface area contributed by atoms with Gasteiger partial charge in [-0.15, -0.1) is 0 Å². The molecule has 0 bridgehead atoms. The minimum Gasteiger partial charge on any atom is -0.488 e. The van der Waals surface area contributed by atoms with Crippen LogP contribution in [0.4, 0.5) is 4.39 Å². The van der Waals surface area contributed by atoms with Crippen LogP contribution in [0.5, 0.6) is 5.75 Å². The molecule has 4 rings (SSSR count). The highest BCUT2D eigenvalue weighted by atomic mass is 19.1. The molecule has 6 heteroatoms. The van der Waals surface area contributed by atoms with Gasteiger partial charge in [-0.25, -0.2) is 14.2 Å². The first kappa shape index (κ1) is 20.0. The molecule has 0 spiro atoms. The number of fused-ring (bicyclic) bond motifs is 1. The molecule has 5 nitrogen and oxygen atoms in total. The zero-order chi connectivity index (χ0) is 21.8. The molecule has 0 N–H and O–H groups in total. The van der Waals surface area contributed by atoms with Crippen molar-refractivity contribution in [2.75, 3.05) is 7.11 Å².